The number of halogens is 1. The molecule has 0 saturated carbocycles. The lowest BCUT2D eigenvalue weighted by atomic mass is 9.97. The number of carbonyl (C=O) groups is 3. The SMILES string of the molecule is COC(=O)C1=C(C(=O)OC)N(c2c(F)cccc2NCC2CCN(C(=O)OC(C)(C)C)CC2)C=CC=C1. The van der Waals surface area contributed by atoms with Gasteiger partial charge in [0.05, 0.1) is 25.5 Å². The van der Waals surface area contributed by atoms with Crippen molar-refractivity contribution in [3.63, 3.8) is 0 Å². The van der Waals surface area contributed by atoms with Crippen LogP contribution >= 0.6 is 0 Å². The third-order valence-electron chi connectivity index (χ3n) is 5.96. The minimum absolute atomic E-state index is 0.0652. The molecule has 1 N–H and O–H groups in total. The number of nitrogens with one attached hydrogen (secondary N) is 1. The number of methoxy groups -OCH3 is 2. The number of carbonyl (C=O) groups excluding carboxylic acids is 3. The molecule has 0 unspecified atom stereocenters. The summed E-state index contributed by atoms with van der Waals surface area (Å²) in [4.78, 5) is 40.5. The van der Waals surface area contributed by atoms with Gasteiger partial charge in [0.15, 0.2) is 0 Å². The topological polar surface area (TPSA) is 97.4 Å². The third-order valence-corrected chi connectivity index (χ3v) is 5.96. The van der Waals surface area contributed by atoms with E-state index in [1.165, 1.54) is 37.5 Å². The Hall–Kier alpha value is -3.82. The van der Waals surface area contributed by atoms with Gasteiger partial charge in [0.1, 0.15) is 22.8 Å². The smallest absolute Gasteiger partial charge is 0.410 e. The van der Waals surface area contributed by atoms with Crippen LogP contribution in [-0.4, -0.2) is 62.4 Å². The molecule has 1 aromatic rings. The van der Waals surface area contributed by atoms with E-state index >= 15 is 4.39 Å². The fourth-order valence-corrected chi connectivity index (χ4v) is 4.14. The Morgan fingerprint density at radius 2 is 1.73 bits per heavy atom. The summed E-state index contributed by atoms with van der Waals surface area (Å²) in [6.07, 6.45) is 7.23. The van der Waals surface area contributed by atoms with Crippen molar-refractivity contribution in [3.8, 4) is 0 Å². The molecule has 37 heavy (non-hydrogen) atoms. The van der Waals surface area contributed by atoms with E-state index in [9.17, 15) is 14.4 Å². The van der Waals surface area contributed by atoms with Crippen molar-refractivity contribution in [2.75, 3.05) is 44.1 Å². The van der Waals surface area contributed by atoms with Gasteiger partial charge in [0, 0.05) is 25.8 Å². The van der Waals surface area contributed by atoms with E-state index in [0.29, 0.717) is 25.3 Å². The predicted molar refractivity (Wildman–Crippen MR) is 137 cm³/mol. The van der Waals surface area contributed by atoms with Crippen molar-refractivity contribution >= 4 is 29.4 Å². The lowest BCUT2D eigenvalue weighted by molar-refractivity contribution is -0.139. The van der Waals surface area contributed by atoms with Gasteiger partial charge in [-0.2, -0.15) is 0 Å². The summed E-state index contributed by atoms with van der Waals surface area (Å²) in [7, 11) is 2.38. The molecule has 0 aromatic heterocycles. The number of hydrogen-bond donors (Lipinski definition) is 1. The molecule has 2 heterocycles. The van der Waals surface area contributed by atoms with Gasteiger partial charge < -0.3 is 29.3 Å². The highest BCUT2D eigenvalue weighted by Crippen LogP contribution is 2.35. The summed E-state index contributed by atoms with van der Waals surface area (Å²) in [5, 5.41) is 3.30. The quantitative estimate of drug-likeness (QED) is 0.441. The van der Waals surface area contributed by atoms with E-state index in [1.54, 1.807) is 29.2 Å². The fourth-order valence-electron chi connectivity index (χ4n) is 4.14. The zero-order valence-corrected chi connectivity index (χ0v) is 21.9. The Morgan fingerprint density at radius 3 is 2.35 bits per heavy atom. The predicted octanol–water partition coefficient (Wildman–Crippen LogP) is 4.37. The van der Waals surface area contributed by atoms with Crippen LogP contribution < -0.4 is 10.2 Å². The molecule has 0 atom stereocenters. The number of rotatable bonds is 6. The summed E-state index contributed by atoms with van der Waals surface area (Å²) >= 11 is 0. The average Bonchev–Trinajstić information content (AvgIpc) is 3.08. The maximum atomic E-state index is 15.3. The molecule has 1 aromatic carbocycles. The van der Waals surface area contributed by atoms with Crippen molar-refractivity contribution in [1.82, 2.24) is 4.90 Å². The molecule has 1 fully saturated rings. The van der Waals surface area contributed by atoms with Crippen LogP contribution in [-0.2, 0) is 23.8 Å². The zero-order chi connectivity index (χ0) is 27.2. The van der Waals surface area contributed by atoms with E-state index < -0.39 is 23.4 Å². The molecule has 3 rings (SSSR count). The van der Waals surface area contributed by atoms with Gasteiger partial charge in [-0.05, 0) is 63.8 Å². The molecular weight excluding hydrogens is 481 g/mol. The van der Waals surface area contributed by atoms with Crippen molar-refractivity contribution in [3.05, 3.63) is 59.7 Å². The van der Waals surface area contributed by atoms with Gasteiger partial charge in [-0.3, -0.25) is 0 Å². The first kappa shape index (κ1) is 27.8. The second-order valence-electron chi connectivity index (χ2n) is 9.74. The molecule has 9 nitrogen and oxygen atoms in total. The van der Waals surface area contributed by atoms with Gasteiger partial charge in [-0.15, -0.1) is 0 Å². The Labute approximate surface area is 216 Å². The van der Waals surface area contributed by atoms with Crippen LogP contribution in [0.5, 0.6) is 0 Å². The molecule has 0 spiro atoms. The second kappa shape index (κ2) is 11.9. The van der Waals surface area contributed by atoms with Crippen LogP contribution in [0.15, 0.2) is 53.9 Å². The summed E-state index contributed by atoms with van der Waals surface area (Å²) < 4.78 is 30.5. The number of benzene rings is 1. The highest BCUT2D eigenvalue weighted by molar-refractivity contribution is 6.06. The monoisotopic (exact) mass is 515 g/mol. The minimum Gasteiger partial charge on any atom is -0.465 e. The highest BCUT2D eigenvalue weighted by Gasteiger charge is 2.31. The van der Waals surface area contributed by atoms with Crippen molar-refractivity contribution in [2.45, 2.75) is 39.2 Å². The van der Waals surface area contributed by atoms with E-state index in [2.05, 4.69) is 5.32 Å². The maximum Gasteiger partial charge on any atom is 0.410 e. The van der Waals surface area contributed by atoms with Crippen molar-refractivity contribution in [2.24, 2.45) is 5.92 Å². The van der Waals surface area contributed by atoms with Crippen LogP contribution in [0.1, 0.15) is 33.6 Å². The van der Waals surface area contributed by atoms with Crippen molar-refractivity contribution < 1.29 is 33.0 Å². The Morgan fingerprint density at radius 1 is 1.05 bits per heavy atom. The van der Waals surface area contributed by atoms with Crippen LogP contribution in [0.25, 0.3) is 0 Å². The number of esters is 2. The standard InChI is InChI=1S/C27H34FN3O6/c1-27(2,3)37-26(34)30-15-12-18(13-16-30)17-29-21-11-8-10-20(28)23(21)31-14-7-6-9-19(24(32)35-4)22(31)25(33)36-5/h6-11,14,18,29H,12-13,15-17H2,1-5H3. The third kappa shape index (κ3) is 6.90. The molecule has 10 heteroatoms. The van der Waals surface area contributed by atoms with Gasteiger partial charge in [0.2, 0.25) is 0 Å². The first-order chi connectivity index (χ1) is 17.6. The Kier molecular flexibility index (Phi) is 8.96. The normalized spacial score (nSPS) is 16.4. The van der Waals surface area contributed by atoms with Crippen LogP contribution in [0.4, 0.5) is 20.6 Å². The zero-order valence-electron chi connectivity index (χ0n) is 21.9. The number of para-hydroxylation sites is 1. The van der Waals surface area contributed by atoms with Crippen LogP contribution in [0.2, 0.25) is 0 Å². The van der Waals surface area contributed by atoms with E-state index in [0.717, 1.165) is 12.8 Å². The van der Waals surface area contributed by atoms with Gasteiger partial charge in [-0.25, -0.2) is 18.8 Å². The maximum absolute atomic E-state index is 15.3. The number of allylic oxidation sites excluding steroid dienone is 2. The Bertz CT molecular complexity index is 1110. The highest BCUT2D eigenvalue weighted by atomic mass is 19.1. The van der Waals surface area contributed by atoms with E-state index in [-0.39, 0.29) is 29.0 Å². The van der Waals surface area contributed by atoms with Crippen LogP contribution in [0.3, 0.4) is 0 Å². The summed E-state index contributed by atoms with van der Waals surface area (Å²) in [6.45, 7) is 7.16. The van der Waals surface area contributed by atoms with Gasteiger partial charge >= 0.3 is 18.0 Å². The molecule has 0 bridgehead atoms. The number of hydrogen-bond acceptors (Lipinski definition) is 8. The van der Waals surface area contributed by atoms with E-state index in [4.69, 9.17) is 14.2 Å². The van der Waals surface area contributed by atoms with Crippen molar-refractivity contribution in [1.29, 1.82) is 0 Å². The first-order valence-electron chi connectivity index (χ1n) is 12.1. The lowest BCUT2D eigenvalue weighted by Gasteiger charge is -2.34. The summed E-state index contributed by atoms with van der Waals surface area (Å²) in [5.74, 6) is -1.94. The molecule has 200 valence electrons. The fraction of sp³-hybridized carbons (Fsp3) is 0.444. The second-order valence-corrected chi connectivity index (χ2v) is 9.74. The molecular formula is C27H34FN3O6. The number of anilines is 2. The molecule has 0 aliphatic carbocycles. The Balaban J connectivity index is 1.81. The molecule has 1 saturated heterocycles. The van der Waals surface area contributed by atoms with Gasteiger partial charge in [0.25, 0.3) is 0 Å². The molecule has 0 radical (unpaired) electrons. The number of nitrogens with zero attached hydrogens (tertiary/aromatic N) is 2. The van der Waals surface area contributed by atoms with E-state index in [1.807, 2.05) is 20.8 Å². The molecule has 2 aliphatic heterocycles. The lowest BCUT2D eigenvalue weighted by Crippen LogP contribution is -2.42. The minimum atomic E-state index is -0.819. The van der Waals surface area contributed by atoms with Crippen LogP contribution in [0, 0.1) is 11.7 Å². The number of likely N-dealkylation sites (tertiary alicyclic amines) is 1. The number of ether oxygens (including phenoxy) is 3. The molecule has 1 amide bonds. The largest absolute Gasteiger partial charge is 0.465 e. The summed E-state index contributed by atoms with van der Waals surface area (Å²) in [6, 6.07) is 4.54. The van der Waals surface area contributed by atoms with Gasteiger partial charge in [-0.1, -0.05) is 12.1 Å². The number of amides is 1. The average molecular weight is 516 g/mol. The summed E-state index contributed by atoms with van der Waals surface area (Å²) in [5.41, 5.74) is -0.283. The first-order valence-corrected chi connectivity index (χ1v) is 12.1. The number of piperidine rings is 1. The molecule has 2 aliphatic rings.